The van der Waals surface area contributed by atoms with E-state index in [0.717, 1.165) is 15.9 Å². The number of carbonyl (C=O) groups excluding carboxylic acids is 1. The second-order valence-electron chi connectivity index (χ2n) is 5.54. The molecule has 1 N–H and O–H groups in total. The molecule has 1 atom stereocenters. The largest absolute Gasteiger partial charge is 0.349 e. The van der Waals surface area contributed by atoms with Crippen LogP contribution in [0.5, 0.6) is 0 Å². The van der Waals surface area contributed by atoms with E-state index in [2.05, 4.69) is 5.32 Å². The summed E-state index contributed by atoms with van der Waals surface area (Å²) < 4.78 is 3.27. The molecular formula is C17H19N3O2S. The first-order valence-electron chi connectivity index (χ1n) is 7.55. The average Bonchev–Trinajstić information content (AvgIpc) is 3.15. The summed E-state index contributed by atoms with van der Waals surface area (Å²) in [5, 5.41) is 4.97. The number of rotatable bonds is 5. The summed E-state index contributed by atoms with van der Waals surface area (Å²) in [6.45, 7) is 2.34. The van der Waals surface area contributed by atoms with Crippen molar-refractivity contribution in [2.75, 3.05) is 0 Å². The highest BCUT2D eigenvalue weighted by molar-refractivity contribution is 7.10. The van der Waals surface area contributed by atoms with Crippen molar-refractivity contribution < 1.29 is 4.79 Å². The SMILES string of the molecule is CC(NC(=O)CCn1c(=O)n(C)c2ccccc21)c1cccs1. The highest BCUT2D eigenvalue weighted by Gasteiger charge is 2.13. The van der Waals surface area contributed by atoms with Crippen LogP contribution in [0.25, 0.3) is 11.0 Å². The summed E-state index contributed by atoms with van der Waals surface area (Å²) >= 11 is 1.62. The topological polar surface area (TPSA) is 56.0 Å². The second-order valence-corrected chi connectivity index (χ2v) is 6.52. The van der Waals surface area contributed by atoms with Crippen LogP contribution < -0.4 is 11.0 Å². The Hall–Kier alpha value is -2.34. The predicted molar refractivity (Wildman–Crippen MR) is 92.7 cm³/mol. The molecule has 3 rings (SSSR count). The lowest BCUT2D eigenvalue weighted by molar-refractivity contribution is -0.121. The number of hydrogen-bond donors (Lipinski definition) is 1. The van der Waals surface area contributed by atoms with Gasteiger partial charge in [0.1, 0.15) is 0 Å². The number of hydrogen-bond acceptors (Lipinski definition) is 3. The molecule has 6 heteroatoms. The highest BCUT2D eigenvalue weighted by Crippen LogP contribution is 2.18. The van der Waals surface area contributed by atoms with Crippen molar-refractivity contribution >= 4 is 28.3 Å². The van der Waals surface area contributed by atoms with Gasteiger partial charge in [-0.05, 0) is 30.5 Å². The molecule has 0 spiro atoms. The lowest BCUT2D eigenvalue weighted by Gasteiger charge is -2.12. The van der Waals surface area contributed by atoms with Crippen LogP contribution in [0.3, 0.4) is 0 Å². The van der Waals surface area contributed by atoms with Gasteiger partial charge in [0.25, 0.3) is 0 Å². The van der Waals surface area contributed by atoms with Gasteiger partial charge >= 0.3 is 5.69 Å². The molecule has 0 aliphatic carbocycles. The van der Waals surface area contributed by atoms with E-state index < -0.39 is 0 Å². The number of thiophene rings is 1. The van der Waals surface area contributed by atoms with E-state index in [-0.39, 0.29) is 24.1 Å². The van der Waals surface area contributed by atoms with Gasteiger partial charge in [0, 0.05) is 24.9 Å². The maximum Gasteiger partial charge on any atom is 0.328 e. The third-order valence-electron chi connectivity index (χ3n) is 3.96. The van der Waals surface area contributed by atoms with E-state index in [1.807, 2.05) is 48.7 Å². The van der Waals surface area contributed by atoms with Crippen LogP contribution in [0.2, 0.25) is 0 Å². The molecule has 5 nitrogen and oxygen atoms in total. The van der Waals surface area contributed by atoms with Gasteiger partial charge < -0.3 is 5.32 Å². The van der Waals surface area contributed by atoms with Crippen LogP contribution in [0.1, 0.15) is 24.3 Å². The van der Waals surface area contributed by atoms with Crippen LogP contribution >= 0.6 is 11.3 Å². The molecule has 0 saturated carbocycles. The normalized spacial score (nSPS) is 12.4. The first-order chi connectivity index (χ1) is 11.1. The van der Waals surface area contributed by atoms with E-state index in [4.69, 9.17) is 0 Å². The average molecular weight is 329 g/mol. The fraction of sp³-hybridized carbons (Fsp3) is 0.294. The molecule has 0 aliphatic heterocycles. The molecule has 0 aliphatic rings. The Labute approximate surface area is 138 Å². The predicted octanol–water partition coefficient (Wildman–Crippen LogP) is 2.67. The summed E-state index contributed by atoms with van der Waals surface area (Å²) in [7, 11) is 1.75. The van der Waals surface area contributed by atoms with Crippen molar-refractivity contribution in [1.82, 2.24) is 14.5 Å². The first kappa shape index (κ1) is 15.6. The summed E-state index contributed by atoms with van der Waals surface area (Å²) in [6, 6.07) is 11.6. The summed E-state index contributed by atoms with van der Waals surface area (Å²) in [5.74, 6) is -0.0502. The zero-order chi connectivity index (χ0) is 16.4. The number of fused-ring (bicyclic) bond motifs is 1. The van der Waals surface area contributed by atoms with Crippen molar-refractivity contribution in [1.29, 1.82) is 0 Å². The highest BCUT2D eigenvalue weighted by atomic mass is 32.1. The Morgan fingerprint density at radius 1 is 1.22 bits per heavy atom. The van der Waals surface area contributed by atoms with Gasteiger partial charge in [-0.2, -0.15) is 0 Å². The van der Waals surface area contributed by atoms with E-state index >= 15 is 0 Å². The summed E-state index contributed by atoms with van der Waals surface area (Å²) in [4.78, 5) is 25.6. The number of para-hydroxylation sites is 2. The van der Waals surface area contributed by atoms with Crippen LogP contribution in [-0.2, 0) is 18.4 Å². The molecule has 0 fully saturated rings. The van der Waals surface area contributed by atoms with Gasteiger partial charge in [-0.25, -0.2) is 4.79 Å². The van der Waals surface area contributed by atoms with Crippen molar-refractivity contribution in [2.45, 2.75) is 25.9 Å². The summed E-state index contributed by atoms with van der Waals surface area (Å²) in [6.07, 6.45) is 0.281. The Kier molecular flexibility index (Phi) is 4.34. The lowest BCUT2D eigenvalue weighted by atomic mass is 10.2. The molecular weight excluding hydrogens is 310 g/mol. The second kappa shape index (κ2) is 6.42. The van der Waals surface area contributed by atoms with E-state index in [0.29, 0.717) is 6.54 Å². The molecule has 0 radical (unpaired) electrons. The molecule has 0 saturated heterocycles. The monoisotopic (exact) mass is 329 g/mol. The van der Waals surface area contributed by atoms with Gasteiger partial charge in [-0.3, -0.25) is 13.9 Å². The van der Waals surface area contributed by atoms with Gasteiger partial charge in [0.2, 0.25) is 5.91 Å². The Morgan fingerprint density at radius 2 is 1.96 bits per heavy atom. The number of nitrogens with one attached hydrogen (secondary N) is 1. The fourth-order valence-electron chi connectivity index (χ4n) is 2.72. The third-order valence-corrected chi connectivity index (χ3v) is 5.02. The number of imidazole rings is 1. The maximum atomic E-state index is 12.3. The standard InChI is InChI=1S/C17H19N3O2S/c1-12(15-8-5-11-23-15)18-16(21)9-10-20-14-7-4-3-6-13(14)19(2)17(20)22/h3-8,11-12H,9-10H2,1-2H3,(H,18,21). The van der Waals surface area contributed by atoms with Crippen molar-refractivity contribution in [3.63, 3.8) is 0 Å². The quantitative estimate of drug-likeness (QED) is 0.782. The van der Waals surface area contributed by atoms with E-state index in [9.17, 15) is 9.59 Å². The maximum absolute atomic E-state index is 12.3. The molecule has 1 unspecified atom stereocenters. The van der Waals surface area contributed by atoms with Crippen molar-refractivity contribution in [3.8, 4) is 0 Å². The van der Waals surface area contributed by atoms with Gasteiger partial charge in [0.05, 0.1) is 17.1 Å². The minimum Gasteiger partial charge on any atom is -0.349 e. The molecule has 0 bridgehead atoms. The Balaban J connectivity index is 1.70. The number of nitrogens with zero attached hydrogens (tertiary/aromatic N) is 2. The van der Waals surface area contributed by atoms with Crippen molar-refractivity contribution in [2.24, 2.45) is 7.05 Å². The first-order valence-corrected chi connectivity index (χ1v) is 8.43. The smallest absolute Gasteiger partial charge is 0.328 e. The number of aromatic nitrogens is 2. The molecule has 2 heterocycles. The molecule has 1 amide bonds. The molecule has 23 heavy (non-hydrogen) atoms. The zero-order valence-corrected chi connectivity index (χ0v) is 14.0. The molecule has 1 aromatic carbocycles. The van der Waals surface area contributed by atoms with Crippen LogP contribution in [-0.4, -0.2) is 15.0 Å². The minimum atomic E-state index is -0.0923. The number of amides is 1. The van der Waals surface area contributed by atoms with E-state index in [1.165, 1.54) is 0 Å². The van der Waals surface area contributed by atoms with Crippen LogP contribution in [0, 0.1) is 0 Å². The van der Waals surface area contributed by atoms with Crippen LogP contribution in [0.4, 0.5) is 0 Å². The zero-order valence-electron chi connectivity index (χ0n) is 13.2. The summed E-state index contributed by atoms with van der Waals surface area (Å²) in [5.41, 5.74) is 1.65. The molecule has 2 aromatic heterocycles. The Morgan fingerprint density at radius 3 is 2.65 bits per heavy atom. The van der Waals surface area contributed by atoms with E-state index in [1.54, 1.807) is 27.5 Å². The van der Waals surface area contributed by atoms with Gasteiger partial charge in [-0.1, -0.05) is 18.2 Å². The lowest BCUT2D eigenvalue weighted by Crippen LogP contribution is -2.29. The number of benzene rings is 1. The number of carbonyl (C=O) groups is 1. The molecule has 120 valence electrons. The van der Waals surface area contributed by atoms with Crippen LogP contribution in [0.15, 0.2) is 46.6 Å². The molecule has 3 aromatic rings. The van der Waals surface area contributed by atoms with Gasteiger partial charge in [-0.15, -0.1) is 11.3 Å². The van der Waals surface area contributed by atoms with Gasteiger partial charge in [0.15, 0.2) is 0 Å². The van der Waals surface area contributed by atoms with Crippen molar-refractivity contribution in [3.05, 3.63) is 57.1 Å². The third kappa shape index (κ3) is 3.07. The Bertz CT molecular complexity index is 877. The number of aryl methyl sites for hydroxylation is 2. The minimum absolute atomic E-state index is 0.00765. The fourth-order valence-corrected chi connectivity index (χ4v) is 3.45.